The molecule has 7 nitrogen and oxygen atoms in total. The highest BCUT2D eigenvalue weighted by molar-refractivity contribution is 5.93. The van der Waals surface area contributed by atoms with Crippen LogP contribution in [0.3, 0.4) is 0 Å². The highest BCUT2D eigenvalue weighted by atomic mass is 16.6. The number of para-hydroxylation sites is 2. The second-order valence-corrected chi connectivity index (χ2v) is 7.21. The van der Waals surface area contributed by atoms with Crippen molar-refractivity contribution in [3.63, 3.8) is 0 Å². The first kappa shape index (κ1) is 19.1. The van der Waals surface area contributed by atoms with Crippen LogP contribution in [-0.2, 0) is 14.3 Å². The Morgan fingerprint density at radius 3 is 2.38 bits per heavy atom. The summed E-state index contributed by atoms with van der Waals surface area (Å²) in [7, 11) is 0. The van der Waals surface area contributed by atoms with E-state index in [1.54, 1.807) is 25.1 Å². The summed E-state index contributed by atoms with van der Waals surface area (Å²) in [4.78, 5) is 26.8. The standard InChI is InChI=1S/C22H24N2O5/c1-15-21(29-19-7-3-2-6-18(19)28-15)22(26)27-14-20(25)23-16-8-10-17(11-9-16)24-12-4-5-13-24/h2-3,6-11,15,21H,4-5,12-14H2,1H3,(H,23,25). The number of nitrogens with one attached hydrogen (secondary N) is 1. The van der Waals surface area contributed by atoms with E-state index in [1.807, 2.05) is 30.3 Å². The molecule has 152 valence electrons. The van der Waals surface area contributed by atoms with Gasteiger partial charge in [0.2, 0.25) is 6.10 Å². The van der Waals surface area contributed by atoms with Gasteiger partial charge < -0.3 is 24.4 Å². The van der Waals surface area contributed by atoms with Crippen molar-refractivity contribution in [3.05, 3.63) is 48.5 Å². The molecule has 2 aromatic carbocycles. The lowest BCUT2D eigenvalue weighted by Gasteiger charge is -2.30. The molecule has 1 N–H and O–H groups in total. The quantitative estimate of drug-likeness (QED) is 0.783. The number of anilines is 2. The molecule has 7 heteroatoms. The maximum atomic E-state index is 12.4. The van der Waals surface area contributed by atoms with Gasteiger partial charge >= 0.3 is 5.97 Å². The Hall–Kier alpha value is -3.22. The van der Waals surface area contributed by atoms with Crippen molar-refractivity contribution in [1.29, 1.82) is 0 Å². The van der Waals surface area contributed by atoms with Gasteiger partial charge in [-0.3, -0.25) is 4.79 Å². The molecule has 1 amide bonds. The monoisotopic (exact) mass is 396 g/mol. The summed E-state index contributed by atoms with van der Waals surface area (Å²) >= 11 is 0. The number of rotatable bonds is 5. The van der Waals surface area contributed by atoms with Gasteiger partial charge in [0.25, 0.3) is 5.91 Å². The van der Waals surface area contributed by atoms with Gasteiger partial charge in [-0.15, -0.1) is 0 Å². The molecular formula is C22H24N2O5. The van der Waals surface area contributed by atoms with Gasteiger partial charge in [-0.25, -0.2) is 4.79 Å². The maximum Gasteiger partial charge on any atom is 0.351 e. The van der Waals surface area contributed by atoms with Gasteiger partial charge in [-0.1, -0.05) is 12.1 Å². The molecule has 29 heavy (non-hydrogen) atoms. The normalized spacial score (nSPS) is 20.2. The third-order valence-electron chi connectivity index (χ3n) is 5.04. The van der Waals surface area contributed by atoms with Crippen molar-refractivity contribution in [2.24, 2.45) is 0 Å². The first-order valence-electron chi connectivity index (χ1n) is 9.84. The Morgan fingerprint density at radius 2 is 1.69 bits per heavy atom. The fraction of sp³-hybridized carbons (Fsp3) is 0.364. The van der Waals surface area contributed by atoms with Gasteiger partial charge in [0.1, 0.15) is 6.10 Å². The first-order valence-corrected chi connectivity index (χ1v) is 9.84. The molecule has 4 rings (SSSR count). The third kappa shape index (κ3) is 4.45. The van der Waals surface area contributed by atoms with Crippen LogP contribution in [0.1, 0.15) is 19.8 Å². The van der Waals surface area contributed by atoms with Gasteiger partial charge in [0.15, 0.2) is 18.1 Å². The topological polar surface area (TPSA) is 77.1 Å². The number of hydrogen-bond donors (Lipinski definition) is 1. The smallest absolute Gasteiger partial charge is 0.351 e. The minimum atomic E-state index is -0.919. The van der Waals surface area contributed by atoms with Crippen molar-refractivity contribution in [3.8, 4) is 11.5 Å². The van der Waals surface area contributed by atoms with E-state index in [4.69, 9.17) is 14.2 Å². The van der Waals surface area contributed by atoms with Crippen LogP contribution in [0.25, 0.3) is 0 Å². The summed E-state index contributed by atoms with van der Waals surface area (Å²) in [5.41, 5.74) is 1.81. The minimum absolute atomic E-state index is 0.388. The molecule has 0 aliphatic carbocycles. The Kier molecular flexibility index (Phi) is 5.55. The predicted octanol–water partition coefficient (Wildman–Crippen LogP) is 3.00. The Morgan fingerprint density at radius 1 is 1.03 bits per heavy atom. The van der Waals surface area contributed by atoms with Crippen LogP contribution in [0.5, 0.6) is 11.5 Å². The minimum Gasteiger partial charge on any atom is -0.482 e. The first-order chi connectivity index (χ1) is 14.1. The fourth-order valence-corrected chi connectivity index (χ4v) is 3.53. The van der Waals surface area contributed by atoms with E-state index in [1.165, 1.54) is 12.8 Å². The van der Waals surface area contributed by atoms with Gasteiger partial charge in [-0.05, 0) is 56.2 Å². The second-order valence-electron chi connectivity index (χ2n) is 7.21. The highest BCUT2D eigenvalue weighted by Gasteiger charge is 2.35. The van der Waals surface area contributed by atoms with Gasteiger partial charge in [-0.2, -0.15) is 0 Å². The molecule has 2 heterocycles. The molecule has 2 unspecified atom stereocenters. The average molecular weight is 396 g/mol. The molecule has 2 aliphatic rings. The summed E-state index contributed by atoms with van der Waals surface area (Å²) in [5, 5.41) is 2.74. The van der Waals surface area contributed by atoms with E-state index in [2.05, 4.69) is 10.2 Å². The summed E-state index contributed by atoms with van der Waals surface area (Å²) in [6.45, 7) is 3.47. The van der Waals surface area contributed by atoms with Crippen LogP contribution >= 0.6 is 0 Å². The van der Waals surface area contributed by atoms with E-state index in [0.717, 1.165) is 18.8 Å². The molecule has 1 fully saturated rings. The lowest BCUT2D eigenvalue weighted by Crippen LogP contribution is -2.45. The summed E-state index contributed by atoms with van der Waals surface area (Å²) in [6.07, 6.45) is 0.990. The van der Waals surface area contributed by atoms with Crippen LogP contribution in [0.2, 0.25) is 0 Å². The molecule has 2 aromatic rings. The molecule has 0 radical (unpaired) electrons. The summed E-state index contributed by atoms with van der Waals surface area (Å²) < 4.78 is 16.5. The molecule has 0 aromatic heterocycles. The highest BCUT2D eigenvalue weighted by Crippen LogP contribution is 2.33. The van der Waals surface area contributed by atoms with Crippen molar-refractivity contribution in [2.75, 3.05) is 29.9 Å². The van der Waals surface area contributed by atoms with Gasteiger partial charge in [0.05, 0.1) is 0 Å². The molecule has 0 spiro atoms. The average Bonchev–Trinajstić information content (AvgIpc) is 3.27. The number of ether oxygens (including phenoxy) is 3. The van der Waals surface area contributed by atoms with E-state index in [9.17, 15) is 9.59 Å². The molecular weight excluding hydrogens is 372 g/mol. The SMILES string of the molecule is CC1Oc2ccccc2OC1C(=O)OCC(=O)Nc1ccc(N2CCCC2)cc1. The lowest BCUT2D eigenvalue weighted by molar-refractivity contribution is -0.159. The zero-order valence-corrected chi connectivity index (χ0v) is 16.3. The molecule has 0 saturated carbocycles. The zero-order chi connectivity index (χ0) is 20.2. The number of esters is 1. The van der Waals surface area contributed by atoms with Crippen LogP contribution < -0.4 is 19.7 Å². The Bertz CT molecular complexity index is 877. The number of benzene rings is 2. The number of hydrogen-bond acceptors (Lipinski definition) is 6. The van der Waals surface area contributed by atoms with Crippen LogP contribution in [0, 0.1) is 0 Å². The predicted molar refractivity (Wildman–Crippen MR) is 108 cm³/mol. The van der Waals surface area contributed by atoms with Crippen LogP contribution in [-0.4, -0.2) is 43.8 Å². The molecule has 0 bridgehead atoms. The number of carbonyl (C=O) groups is 2. The molecule has 2 atom stereocenters. The second kappa shape index (κ2) is 8.43. The van der Waals surface area contributed by atoms with Crippen molar-refractivity contribution < 1.29 is 23.8 Å². The zero-order valence-electron chi connectivity index (χ0n) is 16.3. The van der Waals surface area contributed by atoms with Crippen molar-refractivity contribution in [1.82, 2.24) is 0 Å². The molecule has 1 saturated heterocycles. The van der Waals surface area contributed by atoms with E-state index < -0.39 is 24.1 Å². The number of nitrogens with zero attached hydrogens (tertiary/aromatic N) is 1. The maximum absolute atomic E-state index is 12.4. The molecule has 2 aliphatic heterocycles. The van der Waals surface area contributed by atoms with E-state index in [0.29, 0.717) is 17.2 Å². The Balaban J connectivity index is 1.27. The fourth-order valence-electron chi connectivity index (χ4n) is 3.53. The third-order valence-corrected chi connectivity index (χ3v) is 5.04. The number of carbonyl (C=O) groups excluding carboxylic acids is 2. The largest absolute Gasteiger partial charge is 0.482 e. The van der Waals surface area contributed by atoms with Crippen LogP contribution in [0.4, 0.5) is 11.4 Å². The summed E-state index contributed by atoms with van der Waals surface area (Å²) in [6, 6.07) is 14.8. The number of fused-ring (bicyclic) bond motifs is 1. The van der Waals surface area contributed by atoms with Crippen LogP contribution in [0.15, 0.2) is 48.5 Å². The van der Waals surface area contributed by atoms with E-state index >= 15 is 0 Å². The Labute approximate surface area is 169 Å². The van der Waals surface area contributed by atoms with E-state index in [-0.39, 0.29) is 6.61 Å². The number of amides is 1. The van der Waals surface area contributed by atoms with Gasteiger partial charge in [0, 0.05) is 24.5 Å². The van der Waals surface area contributed by atoms with Crippen molar-refractivity contribution >= 4 is 23.3 Å². The summed E-state index contributed by atoms with van der Waals surface area (Å²) in [5.74, 6) is 0.0258. The van der Waals surface area contributed by atoms with Crippen molar-refractivity contribution in [2.45, 2.75) is 32.0 Å². The lowest BCUT2D eigenvalue weighted by atomic mass is 10.2.